The van der Waals surface area contributed by atoms with Crippen molar-refractivity contribution in [2.45, 2.75) is 0 Å². The van der Waals surface area contributed by atoms with Gasteiger partial charge in [0.15, 0.2) is 5.17 Å². The third kappa shape index (κ3) is 4.62. The van der Waals surface area contributed by atoms with E-state index >= 15 is 0 Å². The molecule has 0 unspecified atom stereocenters. The molecular weight excluding hydrogens is 415 g/mol. The molecule has 1 saturated heterocycles. The second-order valence-electron chi connectivity index (χ2n) is 6.60. The van der Waals surface area contributed by atoms with Gasteiger partial charge in [-0.05, 0) is 84.1 Å². The van der Waals surface area contributed by atoms with E-state index in [4.69, 9.17) is 9.47 Å². The SMILES string of the molecule is COc1ccc(N=C2SC(=Cc3cccc(F)c3)C(=O)N2c2ccc(OC)cc2)cc1. The number of amidine groups is 1. The summed E-state index contributed by atoms with van der Waals surface area (Å²) < 4.78 is 24.0. The number of hydrogen-bond donors (Lipinski definition) is 0. The van der Waals surface area contributed by atoms with Crippen LogP contribution in [-0.2, 0) is 4.79 Å². The Labute approximate surface area is 183 Å². The first kappa shape index (κ1) is 20.7. The Kier molecular flexibility index (Phi) is 6.04. The summed E-state index contributed by atoms with van der Waals surface area (Å²) >= 11 is 1.24. The lowest BCUT2D eigenvalue weighted by atomic mass is 10.2. The Balaban J connectivity index is 1.75. The molecule has 7 heteroatoms. The molecule has 4 rings (SSSR count). The summed E-state index contributed by atoms with van der Waals surface area (Å²) in [6, 6.07) is 20.5. The number of thioether (sulfide) groups is 1. The Morgan fingerprint density at radius 1 is 0.935 bits per heavy atom. The normalized spacial score (nSPS) is 16.2. The highest BCUT2D eigenvalue weighted by Crippen LogP contribution is 2.38. The third-order valence-corrected chi connectivity index (χ3v) is 5.55. The lowest BCUT2D eigenvalue weighted by Crippen LogP contribution is -2.28. The highest BCUT2D eigenvalue weighted by Gasteiger charge is 2.34. The number of ether oxygens (including phenoxy) is 2. The second kappa shape index (κ2) is 9.06. The fourth-order valence-corrected chi connectivity index (χ4v) is 4.02. The largest absolute Gasteiger partial charge is 0.497 e. The van der Waals surface area contributed by atoms with E-state index in [1.807, 2.05) is 24.3 Å². The first-order valence-corrected chi connectivity index (χ1v) is 10.3. The zero-order chi connectivity index (χ0) is 21.8. The van der Waals surface area contributed by atoms with Gasteiger partial charge in [0.05, 0.1) is 30.5 Å². The van der Waals surface area contributed by atoms with Crippen molar-refractivity contribution in [1.82, 2.24) is 0 Å². The van der Waals surface area contributed by atoms with Crippen LogP contribution in [-0.4, -0.2) is 25.3 Å². The highest BCUT2D eigenvalue weighted by atomic mass is 32.2. The molecule has 0 radical (unpaired) electrons. The number of halogens is 1. The van der Waals surface area contributed by atoms with Crippen molar-refractivity contribution < 1.29 is 18.7 Å². The van der Waals surface area contributed by atoms with Gasteiger partial charge < -0.3 is 9.47 Å². The van der Waals surface area contributed by atoms with Gasteiger partial charge >= 0.3 is 0 Å². The smallest absolute Gasteiger partial charge is 0.271 e. The number of hydrogen-bond acceptors (Lipinski definition) is 5. The molecule has 0 spiro atoms. The summed E-state index contributed by atoms with van der Waals surface area (Å²) in [7, 11) is 3.18. The Morgan fingerprint density at radius 2 is 1.58 bits per heavy atom. The molecule has 0 atom stereocenters. The van der Waals surface area contributed by atoms with Gasteiger partial charge in [-0.15, -0.1) is 0 Å². The van der Waals surface area contributed by atoms with Crippen molar-refractivity contribution in [3.63, 3.8) is 0 Å². The minimum Gasteiger partial charge on any atom is -0.497 e. The van der Waals surface area contributed by atoms with Crippen LogP contribution in [0.5, 0.6) is 11.5 Å². The number of methoxy groups -OCH3 is 2. The van der Waals surface area contributed by atoms with Gasteiger partial charge in [0.2, 0.25) is 0 Å². The van der Waals surface area contributed by atoms with Crippen molar-refractivity contribution in [1.29, 1.82) is 0 Å². The third-order valence-electron chi connectivity index (χ3n) is 4.58. The van der Waals surface area contributed by atoms with Gasteiger partial charge in [0.25, 0.3) is 5.91 Å². The molecule has 0 bridgehead atoms. The van der Waals surface area contributed by atoms with Crippen LogP contribution >= 0.6 is 11.8 Å². The molecule has 3 aromatic rings. The van der Waals surface area contributed by atoms with Crippen molar-refractivity contribution in [3.8, 4) is 11.5 Å². The lowest BCUT2D eigenvalue weighted by Gasteiger charge is -2.16. The minimum atomic E-state index is -0.357. The number of carbonyl (C=O) groups is 1. The van der Waals surface area contributed by atoms with Gasteiger partial charge in [0, 0.05) is 0 Å². The van der Waals surface area contributed by atoms with Crippen LogP contribution in [0.1, 0.15) is 5.56 Å². The highest BCUT2D eigenvalue weighted by molar-refractivity contribution is 8.19. The van der Waals surface area contributed by atoms with Crippen molar-refractivity contribution in [2.75, 3.05) is 19.1 Å². The number of rotatable bonds is 5. The van der Waals surface area contributed by atoms with Gasteiger partial charge in [-0.2, -0.15) is 0 Å². The second-order valence-corrected chi connectivity index (χ2v) is 7.61. The molecule has 0 saturated carbocycles. The van der Waals surface area contributed by atoms with E-state index in [-0.39, 0.29) is 11.7 Å². The van der Waals surface area contributed by atoms with Crippen LogP contribution in [0.3, 0.4) is 0 Å². The number of anilines is 1. The van der Waals surface area contributed by atoms with E-state index in [0.29, 0.717) is 32.8 Å². The standard InChI is InChI=1S/C24H19FN2O3S/c1-29-20-10-6-18(7-11-20)26-24-27(19-8-12-21(30-2)13-9-19)23(28)22(31-24)15-16-4-3-5-17(25)14-16/h3-15H,1-2H3. The summed E-state index contributed by atoms with van der Waals surface area (Å²) in [5.41, 5.74) is 1.95. The molecule has 5 nitrogen and oxygen atoms in total. The predicted octanol–water partition coefficient (Wildman–Crippen LogP) is 5.65. The maximum Gasteiger partial charge on any atom is 0.271 e. The molecule has 1 aliphatic rings. The van der Waals surface area contributed by atoms with E-state index in [0.717, 1.165) is 5.75 Å². The van der Waals surface area contributed by atoms with E-state index < -0.39 is 0 Å². The fraction of sp³-hybridized carbons (Fsp3) is 0.0833. The van der Waals surface area contributed by atoms with Crippen LogP contribution < -0.4 is 14.4 Å². The Bertz CT molecular complexity index is 1160. The van der Waals surface area contributed by atoms with Crippen LogP contribution in [0, 0.1) is 5.82 Å². The maximum atomic E-state index is 13.6. The molecule has 31 heavy (non-hydrogen) atoms. The first-order valence-electron chi connectivity index (χ1n) is 9.44. The Morgan fingerprint density at radius 3 is 2.19 bits per heavy atom. The fourth-order valence-electron chi connectivity index (χ4n) is 3.02. The van der Waals surface area contributed by atoms with Gasteiger partial charge in [-0.25, -0.2) is 9.38 Å². The number of amides is 1. The van der Waals surface area contributed by atoms with E-state index in [1.54, 1.807) is 61.6 Å². The van der Waals surface area contributed by atoms with E-state index in [9.17, 15) is 9.18 Å². The van der Waals surface area contributed by atoms with Crippen molar-refractivity contribution in [2.24, 2.45) is 4.99 Å². The van der Waals surface area contributed by atoms with E-state index in [1.165, 1.54) is 23.9 Å². The van der Waals surface area contributed by atoms with E-state index in [2.05, 4.69) is 4.99 Å². The zero-order valence-electron chi connectivity index (χ0n) is 16.9. The quantitative estimate of drug-likeness (QED) is 0.487. The maximum absolute atomic E-state index is 13.6. The number of nitrogens with zero attached hydrogens (tertiary/aromatic N) is 2. The van der Waals surface area contributed by atoms with Gasteiger partial charge in [0.1, 0.15) is 17.3 Å². The van der Waals surface area contributed by atoms with Crippen LogP contribution in [0.15, 0.2) is 82.7 Å². The van der Waals surface area contributed by atoms with Crippen LogP contribution in [0.2, 0.25) is 0 Å². The molecule has 0 aromatic heterocycles. The molecule has 1 aliphatic heterocycles. The van der Waals surface area contributed by atoms with Crippen LogP contribution in [0.25, 0.3) is 6.08 Å². The van der Waals surface area contributed by atoms with Crippen molar-refractivity contribution in [3.05, 3.63) is 89.1 Å². The monoisotopic (exact) mass is 434 g/mol. The topological polar surface area (TPSA) is 51.1 Å². The number of carbonyl (C=O) groups excluding carboxylic acids is 1. The molecule has 0 aliphatic carbocycles. The predicted molar refractivity (Wildman–Crippen MR) is 123 cm³/mol. The summed E-state index contributed by atoms with van der Waals surface area (Å²) in [6.07, 6.45) is 1.67. The molecule has 1 heterocycles. The summed E-state index contributed by atoms with van der Waals surface area (Å²) in [4.78, 5) is 19.9. The zero-order valence-corrected chi connectivity index (χ0v) is 17.7. The van der Waals surface area contributed by atoms with Crippen LogP contribution in [0.4, 0.5) is 15.8 Å². The first-order chi connectivity index (χ1) is 15.1. The molecule has 1 fully saturated rings. The Hall–Kier alpha value is -3.58. The molecule has 0 N–H and O–H groups in total. The van der Waals surface area contributed by atoms with Crippen molar-refractivity contribution >= 4 is 40.3 Å². The average molecular weight is 434 g/mol. The van der Waals surface area contributed by atoms with Gasteiger partial charge in [-0.1, -0.05) is 12.1 Å². The number of aliphatic imine (C=N–C) groups is 1. The molecule has 156 valence electrons. The van der Waals surface area contributed by atoms with Gasteiger partial charge in [-0.3, -0.25) is 9.69 Å². The summed E-state index contributed by atoms with van der Waals surface area (Å²) in [5.74, 6) is 0.820. The number of benzene rings is 3. The molecule has 3 aromatic carbocycles. The molecular formula is C24H19FN2O3S. The minimum absolute atomic E-state index is 0.230. The molecule has 1 amide bonds. The average Bonchev–Trinajstić information content (AvgIpc) is 3.09. The summed E-state index contributed by atoms with van der Waals surface area (Å²) in [6.45, 7) is 0. The summed E-state index contributed by atoms with van der Waals surface area (Å²) in [5, 5.41) is 0.503. The lowest BCUT2D eigenvalue weighted by molar-refractivity contribution is -0.113.